The summed E-state index contributed by atoms with van der Waals surface area (Å²) in [5, 5.41) is 4.24. The van der Waals surface area contributed by atoms with E-state index in [0.29, 0.717) is 22.1 Å². The lowest BCUT2D eigenvalue weighted by Crippen LogP contribution is -2.14. The van der Waals surface area contributed by atoms with Gasteiger partial charge in [-0.2, -0.15) is 0 Å². The second-order valence-corrected chi connectivity index (χ2v) is 5.01. The third-order valence-electron chi connectivity index (χ3n) is 3.09. The highest BCUT2D eigenvalue weighted by Crippen LogP contribution is 2.23. The standard InChI is InChI=1S/C16H12ClN3O/c17-11-6-8-14(12(18)9-11)20-16(21)15-7-5-10-3-1-2-4-13(10)19-15/h1-9H,18H2,(H,20,21). The maximum Gasteiger partial charge on any atom is 0.274 e. The van der Waals surface area contributed by atoms with E-state index in [4.69, 9.17) is 17.3 Å². The van der Waals surface area contributed by atoms with Crippen molar-refractivity contribution in [1.29, 1.82) is 0 Å². The first-order chi connectivity index (χ1) is 10.1. The molecule has 0 saturated heterocycles. The van der Waals surface area contributed by atoms with Gasteiger partial charge in [0.2, 0.25) is 0 Å². The van der Waals surface area contributed by atoms with Gasteiger partial charge < -0.3 is 11.1 Å². The number of hydrogen-bond acceptors (Lipinski definition) is 3. The van der Waals surface area contributed by atoms with Crippen LogP contribution in [0, 0.1) is 0 Å². The highest BCUT2D eigenvalue weighted by atomic mass is 35.5. The third-order valence-corrected chi connectivity index (χ3v) is 3.33. The van der Waals surface area contributed by atoms with E-state index < -0.39 is 0 Å². The summed E-state index contributed by atoms with van der Waals surface area (Å²) in [6.45, 7) is 0. The van der Waals surface area contributed by atoms with Crippen LogP contribution in [0.15, 0.2) is 54.6 Å². The number of aromatic nitrogens is 1. The first-order valence-corrected chi connectivity index (χ1v) is 6.73. The number of benzene rings is 2. The number of nitrogens with two attached hydrogens (primary N) is 1. The molecular weight excluding hydrogens is 286 g/mol. The summed E-state index contributed by atoms with van der Waals surface area (Å²) in [6, 6.07) is 16.1. The van der Waals surface area contributed by atoms with Crippen molar-refractivity contribution in [1.82, 2.24) is 4.98 Å². The van der Waals surface area contributed by atoms with Crippen molar-refractivity contribution in [2.45, 2.75) is 0 Å². The Morgan fingerprint density at radius 1 is 1.10 bits per heavy atom. The minimum atomic E-state index is -0.310. The van der Waals surface area contributed by atoms with Crippen molar-refractivity contribution in [3.8, 4) is 0 Å². The third kappa shape index (κ3) is 2.80. The van der Waals surface area contributed by atoms with Gasteiger partial charge in [-0.25, -0.2) is 4.98 Å². The molecule has 1 heterocycles. The van der Waals surface area contributed by atoms with Crippen LogP contribution in [0.4, 0.5) is 11.4 Å². The lowest BCUT2D eigenvalue weighted by molar-refractivity contribution is 0.102. The molecule has 3 rings (SSSR count). The summed E-state index contributed by atoms with van der Waals surface area (Å²) in [7, 11) is 0. The number of pyridine rings is 1. The summed E-state index contributed by atoms with van der Waals surface area (Å²) in [6.07, 6.45) is 0. The van der Waals surface area contributed by atoms with Gasteiger partial charge in [0.1, 0.15) is 5.69 Å². The molecular formula is C16H12ClN3O. The maximum absolute atomic E-state index is 12.2. The van der Waals surface area contributed by atoms with E-state index in [-0.39, 0.29) is 5.91 Å². The number of carbonyl (C=O) groups is 1. The highest BCUT2D eigenvalue weighted by Gasteiger charge is 2.10. The van der Waals surface area contributed by atoms with Gasteiger partial charge in [0, 0.05) is 10.4 Å². The number of fused-ring (bicyclic) bond motifs is 1. The van der Waals surface area contributed by atoms with Crippen molar-refractivity contribution >= 4 is 39.8 Å². The minimum absolute atomic E-state index is 0.310. The fraction of sp³-hybridized carbons (Fsp3) is 0. The van der Waals surface area contributed by atoms with Crippen LogP contribution in [0.5, 0.6) is 0 Å². The van der Waals surface area contributed by atoms with E-state index in [2.05, 4.69) is 10.3 Å². The highest BCUT2D eigenvalue weighted by molar-refractivity contribution is 6.31. The first kappa shape index (κ1) is 13.4. The van der Waals surface area contributed by atoms with Gasteiger partial charge in [-0.3, -0.25) is 4.79 Å². The van der Waals surface area contributed by atoms with Crippen LogP contribution in [0.3, 0.4) is 0 Å². The fourth-order valence-electron chi connectivity index (χ4n) is 2.03. The van der Waals surface area contributed by atoms with Crippen molar-refractivity contribution in [3.63, 3.8) is 0 Å². The van der Waals surface area contributed by atoms with Gasteiger partial charge in [0.05, 0.1) is 16.9 Å². The Bertz CT molecular complexity index is 833. The van der Waals surface area contributed by atoms with E-state index in [1.165, 1.54) is 0 Å². The second-order valence-electron chi connectivity index (χ2n) is 4.57. The van der Waals surface area contributed by atoms with Crippen molar-refractivity contribution in [2.24, 2.45) is 0 Å². The molecule has 0 saturated carbocycles. The molecule has 0 unspecified atom stereocenters. The molecule has 0 aliphatic carbocycles. The van der Waals surface area contributed by atoms with Crippen LogP contribution in [0.25, 0.3) is 10.9 Å². The van der Waals surface area contributed by atoms with Crippen LogP contribution >= 0.6 is 11.6 Å². The monoisotopic (exact) mass is 297 g/mol. The average molecular weight is 298 g/mol. The summed E-state index contributed by atoms with van der Waals surface area (Å²) in [5.41, 5.74) is 7.85. The zero-order chi connectivity index (χ0) is 14.8. The van der Waals surface area contributed by atoms with E-state index in [1.54, 1.807) is 24.3 Å². The second kappa shape index (κ2) is 5.42. The van der Waals surface area contributed by atoms with Crippen LogP contribution < -0.4 is 11.1 Å². The number of para-hydroxylation sites is 1. The van der Waals surface area contributed by atoms with Crippen molar-refractivity contribution < 1.29 is 4.79 Å². The van der Waals surface area contributed by atoms with Crippen LogP contribution in [0.2, 0.25) is 5.02 Å². The Hall–Kier alpha value is -2.59. The van der Waals surface area contributed by atoms with Crippen LogP contribution in [-0.2, 0) is 0 Å². The van der Waals surface area contributed by atoms with Gasteiger partial charge in [0.25, 0.3) is 5.91 Å². The van der Waals surface area contributed by atoms with E-state index in [1.807, 2.05) is 30.3 Å². The SMILES string of the molecule is Nc1cc(Cl)ccc1NC(=O)c1ccc2ccccc2n1. The van der Waals surface area contributed by atoms with Crippen LogP contribution in [-0.4, -0.2) is 10.9 Å². The molecule has 0 radical (unpaired) electrons. The van der Waals surface area contributed by atoms with Gasteiger partial charge in [-0.05, 0) is 30.3 Å². The predicted molar refractivity (Wildman–Crippen MR) is 85.6 cm³/mol. The van der Waals surface area contributed by atoms with Crippen molar-refractivity contribution in [3.05, 3.63) is 65.3 Å². The van der Waals surface area contributed by atoms with Gasteiger partial charge in [-0.15, -0.1) is 0 Å². The lowest BCUT2D eigenvalue weighted by Gasteiger charge is -2.08. The van der Waals surface area contributed by atoms with E-state index in [0.717, 1.165) is 10.9 Å². The molecule has 1 aromatic heterocycles. The molecule has 0 fully saturated rings. The molecule has 21 heavy (non-hydrogen) atoms. The number of halogens is 1. The number of anilines is 2. The van der Waals surface area contributed by atoms with Crippen molar-refractivity contribution in [2.75, 3.05) is 11.1 Å². The smallest absolute Gasteiger partial charge is 0.274 e. The molecule has 0 spiro atoms. The quantitative estimate of drug-likeness (QED) is 0.708. The van der Waals surface area contributed by atoms with Gasteiger partial charge in [0.15, 0.2) is 0 Å². The number of rotatable bonds is 2. The largest absolute Gasteiger partial charge is 0.397 e. The van der Waals surface area contributed by atoms with E-state index in [9.17, 15) is 4.79 Å². The molecule has 0 bridgehead atoms. The number of hydrogen-bond donors (Lipinski definition) is 2. The first-order valence-electron chi connectivity index (χ1n) is 6.36. The molecule has 3 N–H and O–H groups in total. The van der Waals surface area contributed by atoms with E-state index >= 15 is 0 Å². The summed E-state index contributed by atoms with van der Waals surface area (Å²) in [4.78, 5) is 16.6. The molecule has 5 heteroatoms. The van der Waals surface area contributed by atoms with Gasteiger partial charge in [-0.1, -0.05) is 35.9 Å². The van der Waals surface area contributed by atoms with Gasteiger partial charge >= 0.3 is 0 Å². The maximum atomic E-state index is 12.2. The lowest BCUT2D eigenvalue weighted by atomic mass is 10.2. The number of amides is 1. The zero-order valence-electron chi connectivity index (χ0n) is 11.0. The number of nitrogen functional groups attached to an aromatic ring is 1. The Kier molecular flexibility index (Phi) is 3.46. The molecule has 0 aliphatic heterocycles. The summed E-state index contributed by atoms with van der Waals surface area (Å²) >= 11 is 5.83. The normalized spacial score (nSPS) is 10.5. The Labute approximate surface area is 126 Å². The number of carbonyl (C=O) groups excluding carboxylic acids is 1. The molecule has 1 amide bonds. The van der Waals surface area contributed by atoms with Crippen LogP contribution in [0.1, 0.15) is 10.5 Å². The Morgan fingerprint density at radius 3 is 2.71 bits per heavy atom. The summed E-state index contributed by atoms with van der Waals surface area (Å²) in [5.74, 6) is -0.310. The topological polar surface area (TPSA) is 68.0 Å². The molecule has 104 valence electrons. The molecule has 0 atom stereocenters. The molecule has 2 aromatic carbocycles. The molecule has 3 aromatic rings. The number of nitrogens with one attached hydrogen (secondary N) is 1. The molecule has 4 nitrogen and oxygen atoms in total. The molecule has 0 aliphatic rings. The predicted octanol–water partition coefficient (Wildman–Crippen LogP) is 3.72. The fourth-order valence-corrected chi connectivity index (χ4v) is 2.21. The average Bonchev–Trinajstić information content (AvgIpc) is 2.49. The summed E-state index contributed by atoms with van der Waals surface area (Å²) < 4.78 is 0. The zero-order valence-corrected chi connectivity index (χ0v) is 11.8. The Morgan fingerprint density at radius 2 is 1.90 bits per heavy atom. The Balaban J connectivity index is 1.89. The minimum Gasteiger partial charge on any atom is -0.397 e. The number of nitrogens with zero attached hydrogens (tertiary/aromatic N) is 1.